The minimum Gasteiger partial charge on any atom is -0.478 e. The van der Waals surface area contributed by atoms with Crippen molar-refractivity contribution in [3.63, 3.8) is 0 Å². The number of carboxylic acids is 1. The number of furan rings is 1. The number of carbonyl (C=O) groups is 3. The molecule has 7 N–H and O–H groups in total. The highest BCUT2D eigenvalue weighted by Crippen LogP contribution is 2.34. The number of aromatic carboxylic acids is 1. The number of hydrogen-bond acceptors (Lipinski definition) is 6. The fourth-order valence-electron chi connectivity index (χ4n) is 4.25. The van der Waals surface area contributed by atoms with Crippen LogP contribution in [-0.2, 0) is 6.61 Å². The Kier molecular flexibility index (Phi) is 8.64. The SMILES string of the molecule is CC(C)CNC(=O)c1ccc(-c2ccc(-c3occc3CO)cc2C(=O)Nc2ccc(C(=N)N)cc2)c(C(=O)O)c1. The number of amides is 2. The van der Waals surface area contributed by atoms with Crippen molar-refractivity contribution in [2.45, 2.75) is 20.5 Å². The van der Waals surface area contributed by atoms with E-state index in [0.29, 0.717) is 40.2 Å². The van der Waals surface area contributed by atoms with Crippen molar-refractivity contribution in [1.29, 1.82) is 5.41 Å². The number of nitrogens with one attached hydrogen (secondary N) is 3. The fraction of sp³-hybridized carbons (Fsp3) is 0.161. The summed E-state index contributed by atoms with van der Waals surface area (Å²) in [6.45, 7) is 4.06. The van der Waals surface area contributed by atoms with Crippen LogP contribution in [0.25, 0.3) is 22.5 Å². The summed E-state index contributed by atoms with van der Waals surface area (Å²) in [6, 6.07) is 17.1. The number of rotatable bonds is 10. The first-order chi connectivity index (χ1) is 19.6. The molecule has 41 heavy (non-hydrogen) atoms. The van der Waals surface area contributed by atoms with Gasteiger partial charge in [-0.05, 0) is 65.6 Å². The van der Waals surface area contributed by atoms with E-state index >= 15 is 0 Å². The molecule has 4 rings (SSSR count). The third-order valence-electron chi connectivity index (χ3n) is 6.37. The first-order valence-electron chi connectivity index (χ1n) is 12.8. The number of carboxylic acid groups (broad SMARTS) is 1. The van der Waals surface area contributed by atoms with Crippen molar-refractivity contribution in [2.75, 3.05) is 11.9 Å². The van der Waals surface area contributed by atoms with Gasteiger partial charge in [0.05, 0.1) is 18.4 Å². The fourth-order valence-corrected chi connectivity index (χ4v) is 4.25. The minimum absolute atomic E-state index is 0.112. The van der Waals surface area contributed by atoms with Gasteiger partial charge in [0, 0.05) is 40.0 Å². The maximum absolute atomic E-state index is 13.6. The smallest absolute Gasteiger partial charge is 0.336 e. The highest BCUT2D eigenvalue weighted by molar-refractivity contribution is 6.11. The van der Waals surface area contributed by atoms with Crippen molar-refractivity contribution >= 4 is 29.3 Å². The quantitative estimate of drug-likeness (QED) is 0.121. The molecule has 10 nitrogen and oxygen atoms in total. The molecule has 0 bridgehead atoms. The first-order valence-corrected chi connectivity index (χ1v) is 12.8. The van der Waals surface area contributed by atoms with Gasteiger partial charge in [-0.2, -0.15) is 0 Å². The molecule has 1 heterocycles. The van der Waals surface area contributed by atoms with Crippen LogP contribution in [0.3, 0.4) is 0 Å². The number of hydrogen-bond donors (Lipinski definition) is 6. The van der Waals surface area contributed by atoms with E-state index in [2.05, 4.69) is 10.6 Å². The van der Waals surface area contributed by atoms with Crippen LogP contribution in [0.2, 0.25) is 0 Å². The maximum atomic E-state index is 13.6. The summed E-state index contributed by atoms with van der Waals surface area (Å²) in [4.78, 5) is 38.6. The monoisotopic (exact) mass is 554 g/mol. The summed E-state index contributed by atoms with van der Waals surface area (Å²) >= 11 is 0. The molecule has 210 valence electrons. The van der Waals surface area contributed by atoms with Gasteiger partial charge < -0.3 is 31.0 Å². The molecule has 3 aromatic carbocycles. The van der Waals surface area contributed by atoms with Gasteiger partial charge in [0.15, 0.2) is 0 Å². The zero-order chi connectivity index (χ0) is 29.7. The van der Waals surface area contributed by atoms with Crippen LogP contribution in [0.5, 0.6) is 0 Å². The molecule has 0 atom stereocenters. The number of anilines is 1. The van der Waals surface area contributed by atoms with Crippen LogP contribution < -0.4 is 16.4 Å². The summed E-state index contributed by atoms with van der Waals surface area (Å²) in [5.74, 6) is -1.72. The summed E-state index contributed by atoms with van der Waals surface area (Å²) in [6.07, 6.45) is 1.43. The van der Waals surface area contributed by atoms with Gasteiger partial charge in [-0.1, -0.05) is 32.0 Å². The Hall–Kier alpha value is -5.22. The molecular formula is C31H30N4O6. The molecule has 0 saturated carbocycles. The molecule has 4 aromatic rings. The Morgan fingerprint density at radius 2 is 1.56 bits per heavy atom. The number of benzene rings is 3. The molecule has 2 amide bonds. The van der Waals surface area contributed by atoms with Crippen LogP contribution in [0.4, 0.5) is 5.69 Å². The van der Waals surface area contributed by atoms with Gasteiger partial charge >= 0.3 is 5.97 Å². The highest BCUT2D eigenvalue weighted by Gasteiger charge is 2.22. The largest absolute Gasteiger partial charge is 0.478 e. The van der Waals surface area contributed by atoms with Crippen molar-refractivity contribution in [1.82, 2.24) is 5.32 Å². The first kappa shape index (κ1) is 28.8. The Bertz CT molecular complexity index is 1620. The molecule has 0 aliphatic carbocycles. The molecule has 1 aromatic heterocycles. The average Bonchev–Trinajstić information content (AvgIpc) is 3.44. The van der Waals surface area contributed by atoms with Crippen LogP contribution in [-0.4, -0.2) is 40.4 Å². The topological polar surface area (TPSA) is 179 Å². The average molecular weight is 555 g/mol. The van der Waals surface area contributed by atoms with E-state index < -0.39 is 17.8 Å². The van der Waals surface area contributed by atoms with E-state index in [1.165, 1.54) is 24.5 Å². The predicted molar refractivity (Wildman–Crippen MR) is 155 cm³/mol. The summed E-state index contributed by atoms with van der Waals surface area (Å²) in [7, 11) is 0. The molecular weight excluding hydrogens is 524 g/mol. The third-order valence-corrected chi connectivity index (χ3v) is 6.37. The molecule has 0 unspecified atom stereocenters. The standard InChI is InChI=1S/C31H30N4O6/c1-17(2)15-34-29(37)20-6-10-24(26(14-20)31(39)40)23-9-5-19(27-21(16-36)11-12-41-27)13-25(23)30(38)35-22-7-3-18(4-8-22)28(32)33/h3-14,17,36H,15-16H2,1-2H3,(H3,32,33)(H,34,37)(H,35,38)(H,39,40). The molecule has 10 heteroatoms. The molecule has 0 aliphatic heterocycles. The van der Waals surface area contributed by atoms with Crippen LogP contribution in [0, 0.1) is 11.3 Å². The minimum atomic E-state index is -1.26. The van der Waals surface area contributed by atoms with E-state index in [9.17, 15) is 24.6 Å². The number of nitrogens with two attached hydrogens (primary N) is 1. The zero-order valence-corrected chi connectivity index (χ0v) is 22.5. The second kappa shape index (κ2) is 12.3. The molecule has 0 radical (unpaired) electrons. The van der Waals surface area contributed by atoms with Gasteiger partial charge in [0.2, 0.25) is 0 Å². The van der Waals surface area contributed by atoms with E-state index in [1.54, 1.807) is 48.5 Å². The summed E-state index contributed by atoms with van der Waals surface area (Å²) < 4.78 is 5.56. The van der Waals surface area contributed by atoms with Crippen molar-refractivity contribution in [3.8, 4) is 22.5 Å². The van der Waals surface area contributed by atoms with Gasteiger partial charge in [0.1, 0.15) is 11.6 Å². The number of aliphatic hydroxyl groups is 1. The lowest BCUT2D eigenvalue weighted by molar-refractivity contribution is 0.0697. The Morgan fingerprint density at radius 3 is 2.20 bits per heavy atom. The maximum Gasteiger partial charge on any atom is 0.336 e. The number of amidine groups is 1. The number of carbonyl (C=O) groups excluding carboxylic acids is 2. The highest BCUT2D eigenvalue weighted by atomic mass is 16.4. The Labute approximate surface area is 236 Å². The van der Waals surface area contributed by atoms with E-state index in [4.69, 9.17) is 15.6 Å². The van der Waals surface area contributed by atoms with E-state index in [-0.39, 0.29) is 40.6 Å². The van der Waals surface area contributed by atoms with Crippen molar-refractivity contribution < 1.29 is 29.0 Å². The van der Waals surface area contributed by atoms with Crippen LogP contribution in [0.1, 0.15) is 56.0 Å². The molecule has 0 spiro atoms. The van der Waals surface area contributed by atoms with E-state index in [1.807, 2.05) is 13.8 Å². The molecule has 0 saturated heterocycles. The van der Waals surface area contributed by atoms with Crippen molar-refractivity contribution in [2.24, 2.45) is 11.7 Å². The second-order valence-corrected chi connectivity index (χ2v) is 9.81. The van der Waals surface area contributed by atoms with Gasteiger partial charge in [0.25, 0.3) is 11.8 Å². The third kappa shape index (κ3) is 6.51. The van der Waals surface area contributed by atoms with Crippen molar-refractivity contribution in [3.05, 3.63) is 101 Å². The van der Waals surface area contributed by atoms with Crippen LogP contribution >= 0.6 is 0 Å². The second-order valence-electron chi connectivity index (χ2n) is 9.81. The van der Waals surface area contributed by atoms with Gasteiger partial charge in [-0.25, -0.2) is 4.79 Å². The summed E-state index contributed by atoms with van der Waals surface area (Å²) in [5.41, 5.74) is 8.19. The lowest BCUT2D eigenvalue weighted by Crippen LogP contribution is -2.27. The molecule has 0 fully saturated rings. The predicted octanol–water partition coefficient (Wildman–Crippen LogP) is 4.73. The Balaban J connectivity index is 1.81. The van der Waals surface area contributed by atoms with Crippen LogP contribution in [0.15, 0.2) is 77.4 Å². The van der Waals surface area contributed by atoms with Gasteiger partial charge in [-0.15, -0.1) is 0 Å². The molecule has 0 aliphatic rings. The van der Waals surface area contributed by atoms with E-state index in [0.717, 1.165) is 0 Å². The Morgan fingerprint density at radius 1 is 0.902 bits per heavy atom. The zero-order valence-electron chi connectivity index (χ0n) is 22.5. The normalized spacial score (nSPS) is 10.8. The lowest BCUT2D eigenvalue weighted by Gasteiger charge is -2.15. The van der Waals surface area contributed by atoms with Gasteiger partial charge in [-0.3, -0.25) is 15.0 Å². The number of nitrogen functional groups attached to an aromatic ring is 1. The lowest BCUT2D eigenvalue weighted by atomic mass is 9.91. The summed E-state index contributed by atoms with van der Waals surface area (Å²) in [5, 5.41) is 32.9. The number of aliphatic hydroxyl groups excluding tert-OH is 1.